The molecule has 0 aliphatic carbocycles. The van der Waals surface area contributed by atoms with E-state index in [1.807, 2.05) is 0 Å². The number of rotatable bonds is 46. The average Bonchev–Trinajstić information content (AvgIpc) is 3.21. The number of unbranched alkanes of at least 4 members (excludes halogenated alkanes) is 32. The van der Waals surface area contributed by atoms with Gasteiger partial charge in [0.1, 0.15) is 13.2 Å². The molecule has 0 bridgehead atoms. The van der Waals surface area contributed by atoms with E-state index < -0.39 is 6.10 Å². The number of carbonyl (C=O) groups excluding carboxylic acids is 3. The highest BCUT2D eigenvalue weighted by atomic mass is 16.6. The monoisotopic (exact) mass is 807 g/mol. The van der Waals surface area contributed by atoms with Crippen LogP contribution in [0.3, 0.4) is 0 Å². The van der Waals surface area contributed by atoms with Crippen LogP contribution in [-0.4, -0.2) is 37.2 Å². The van der Waals surface area contributed by atoms with E-state index in [-0.39, 0.29) is 31.1 Å². The van der Waals surface area contributed by atoms with E-state index in [1.54, 1.807) is 0 Å². The summed E-state index contributed by atoms with van der Waals surface area (Å²) in [5, 5.41) is 0. The number of hydrogen-bond donors (Lipinski definition) is 0. The van der Waals surface area contributed by atoms with Gasteiger partial charge in [0.2, 0.25) is 0 Å². The normalized spacial score (nSPS) is 12.4. The van der Waals surface area contributed by atoms with Crippen LogP contribution in [0, 0.1) is 5.92 Å². The molecular formula is C51H98O6. The van der Waals surface area contributed by atoms with Crippen LogP contribution in [0.4, 0.5) is 0 Å². The predicted molar refractivity (Wildman–Crippen MR) is 243 cm³/mol. The first-order valence-corrected chi connectivity index (χ1v) is 25.4. The molecule has 0 saturated heterocycles. The molecule has 0 aromatic rings. The van der Waals surface area contributed by atoms with Crippen molar-refractivity contribution in [2.24, 2.45) is 5.92 Å². The van der Waals surface area contributed by atoms with Gasteiger partial charge in [-0.15, -0.1) is 0 Å². The second-order valence-electron chi connectivity index (χ2n) is 17.7. The third-order valence-electron chi connectivity index (χ3n) is 11.9. The van der Waals surface area contributed by atoms with Crippen molar-refractivity contribution in [3.8, 4) is 0 Å². The Morgan fingerprint density at radius 3 is 0.912 bits per heavy atom. The Labute approximate surface area is 355 Å². The number of esters is 3. The standard InChI is InChI=1S/C51H98O6/c1-5-8-10-12-14-16-18-19-20-21-22-23-24-25-26-28-30-35-39-43-50(53)56-46-48(57-51(54)44-40-36-32-31-33-37-41-47(4)7-3)45-55-49(52)42-38-34-29-27-17-15-13-11-9-6-2/h47-48H,5-46H2,1-4H3/t47?,48-/m0/s1. The Hall–Kier alpha value is -1.59. The number of ether oxygens (including phenoxy) is 3. The minimum atomic E-state index is -0.760. The summed E-state index contributed by atoms with van der Waals surface area (Å²) in [6.07, 6.45) is 46.7. The molecule has 0 saturated carbocycles. The third kappa shape index (κ3) is 43.8. The fraction of sp³-hybridized carbons (Fsp3) is 0.941. The Morgan fingerprint density at radius 1 is 0.351 bits per heavy atom. The SMILES string of the molecule is CCCCCCCCCCCCCCCCCCCCCC(=O)OC[C@H](COC(=O)CCCCCCCCCCCC)OC(=O)CCCCCCCCC(C)CC. The van der Waals surface area contributed by atoms with Crippen LogP contribution in [0.1, 0.15) is 285 Å². The molecule has 0 N–H and O–H groups in total. The molecule has 0 fully saturated rings. The van der Waals surface area contributed by atoms with Gasteiger partial charge in [0.15, 0.2) is 6.10 Å². The molecule has 6 nitrogen and oxygen atoms in total. The maximum Gasteiger partial charge on any atom is 0.306 e. The molecule has 0 heterocycles. The Morgan fingerprint density at radius 2 is 0.614 bits per heavy atom. The van der Waals surface area contributed by atoms with Crippen molar-refractivity contribution < 1.29 is 28.6 Å². The van der Waals surface area contributed by atoms with E-state index in [9.17, 15) is 14.4 Å². The summed E-state index contributed by atoms with van der Waals surface area (Å²) < 4.78 is 16.8. The van der Waals surface area contributed by atoms with Crippen LogP contribution in [0.5, 0.6) is 0 Å². The van der Waals surface area contributed by atoms with E-state index in [0.29, 0.717) is 19.3 Å². The Kier molecular flexibility index (Phi) is 44.2. The van der Waals surface area contributed by atoms with Gasteiger partial charge in [-0.3, -0.25) is 14.4 Å². The van der Waals surface area contributed by atoms with Crippen LogP contribution in [0.2, 0.25) is 0 Å². The smallest absolute Gasteiger partial charge is 0.306 e. The zero-order chi connectivity index (χ0) is 41.7. The molecule has 0 aliphatic rings. The van der Waals surface area contributed by atoms with E-state index in [0.717, 1.165) is 63.7 Å². The first kappa shape index (κ1) is 55.4. The largest absolute Gasteiger partial charge is 0.462 e. The second kappa shape index (κ2) is 45.5. The van der Waals surface area contributed by atoms with E-state index in [1.165, 1.54) is 180 Å². The summed E-state index contributed by atoms with van der Waals surface area (Å²) in [5.41, 5.74) is 0. The number of hydrogen-bond acceptors (Lipinski definition) is 6. The lowest BCUT2D eigenvalue weighted by Gasteiger charge is -2.18. The second-order valence-corrected chi connectivity index (χ2v) is 17.7. The van der Waals surface area contributed by atoms with E-state index >= 15 is 0 Å². The van der Waals surface area contributed by atoms with Crippen molar-refractivity contribution in [1.29, 1.82) is 0 Å². The van der Waals surface area contributed by atoms with E-state index in [2.05, 4.69) is 27.7 Å². The van der Waals surface area contributed by atoms with Gasteiger partial charge in [0, 0.05) is 19.3 Å². The molecule has 6 heteroatoms. The lowest BCUT2D eigenvalue weighted by Crippen LogP contribution is -2.30. The molecule has 0 amide bonds. The minimum absolute atomic E-state index is 0.0641. The summed E-state index contributed by atoms with van der Waals surface area (Å²) in [6, 6.07) is 0. The van der Waals surface area contributed by atoms with Gasteiger partial charge in [0.05, 0.1) is 0 Å². The zero-order valence-corrected chi connectivity index (χ0v) is 38.8. The quantitative estimate of drug-likeness (QED) is 0.0346. The van der Waals surface area contributed by atoms with Crippen molar-refractivity contribution in [3.05, 3.63) is 0 Å². The first-order valence-electron chi connectivity index (χ1n) is 25.4. The Balaban J connectivity index is 4.21. The van der Waals surface area contributed by atoms with Crippen LogP contribution < -0.4 is 0 Å². The van der Waals surface area contributed by atoms with Crippen LogP contribution in [0.15, 0.2) is 0 Å². The van der Waals surface area contributed by atoms with Crippen molar-refractivity contribution in [2.45, 2.75) is 291 Å². The number of carbonyl (C=O) groups is 3. The molecule has 57 heavy (non-hydrogen) atoms. The fourth-order valence-electron chi connectivity index (χ4n) is 7.66. The summed E-state index contributed by atoms with van der Waals surface area (Å²) in [7, 11) is 0. The lowest BCUT2D eigenvalue weighted by molar-refractivity contribution is -0.167. The predicted octanol–water partition coefficient (Wildman–Crippen LogP) is 16.3. The van der Waals surface area contributed by atoms with Crippen LogP contribution in [0.25, 0.3) is 0 Å². The summed E-state index contributed by atoms with van der Waals surface area (Å²) in [4.78, 5) is 37.8. The minimum Gasteiger partial charge on any atom is -0.462 e. The molecule has 1 unspecified atom stereocenters. The molecule has 338 valence electrons. The van der Waals surface area contributed by atoms with Gasteiger partial charge >= 0.3 is 17.9 Å². The van der Waals surface area contributed by atoms with Gasteiger partial charge < -0.3 is 14.2 Å². The molecule has 0 aromatic heterocycles. The van der Waals surface area contributed by atoms with Crippen molar-refractivity contribution in [1.82, 2.24) is 0 Å². The van der Waals surface area contributed by atoms with Crippen molar-refractivity contribution in [2.75, 3.05) is 13.2 Å². The topological polar surface area (TPSA) is 78.9 Å². The molecule has 2 atom stereocenters. The maximum absolute atomic E-state index is 12.7. The maximum atomic E-state index is 12.7. The van der Waals surface area contributed by atoms with Crippen LogP contribution in [-0.2, 0) is 28.6 Å². The Bertz CT molecular complexity index is 859. The van der Waals surface area contributed by atoms with Crippen molar-refractivity contribution in [3.63, 3.8) is 0 Å². The first-order chi connectivity index (χ1) is 27.9. The highest BCUT2D eigenvalue weighted by Gasteiger charge is 2.19. The van der Waals surface area contributed by atoms with Gasteiger partial charge in [-0.1, -0.05) is 246 Å². The van der Waals surface area contributed by atoms with Crippen LogP contribution >= 0.6 is 0 Å². The fourth-order valence-corrected chi connectivity index (χ4v) is 7.66. The van der Waals surface area contributed by atoms with Gasteiger partial charge in [-0.25, -0.2) is 0 Å². The summed E-state index contributed by atoms with van der Waals surface area (Å²) in [5.74, 6) is -0.0424. The van der Waals surface area contributed by atoms with Gasteiger partial charge in [0.25, 0.3) is 0 Å². The van der Waals surface area contributed by atoms with E-state index in [4.69, 9.17) is 14.2 Å². The molecule has 0 aromatic carbocycles. The molecule has 0 rings (SSSR count). The molecular weight excluding hydrogens is 709 g/mol. The highest BCUT2D eigenvalue weighted by molar-refractivity contribution is 5.71. The van der Waals surface area contributed by atoms with Crippen molar-refractivity contribution >= 4 is 17.9 Å². The highest BCUT2D eigenvalue weighted by Crippen LogP contribution is 2.17. The summed E-state index contributed by atoms with van der Waals surface area (Å²) >= 11 is 0. The summed E-state index contributed by atoms with van der Waals surface area (Å²) in [6.45, 7) is 8.98. The zero-order valence-electron chi connectivity index (χ0n) is 38.8. The van der Waals surface area contributed by atoms with Gasteiger partial charge in [-0.2, -0.15) is 0 Å². The average molecular weight is 807 g/mol. The molecule has 0 spiro atoms. The van der Waals surface area contributed by atoms with Gasteiger partial charge in [-0.05, 0) is 25.2 Å². The molecule has 0 aliphatic heterocycles. The lowest BCUT2D eigenvalue weighted by atomic mass is 10.00. The third-order valence-corrected chi connectivity index (χ3v) is 11.9. The molecule has 0 radical (unpaired) electrons.